The van der Waals surface area contributed by atoms with Crippen LogP contribution in [0, 0.1) is 6.92 Å². The van der Waals surface area contributed by atoms with Gasteiger partial charge in [-0.15, -0.1) is 0 Å². The van der Waals surface area contributed by atoms with Crippen molar-refractivity contribution in [1.29, 1.82) is 0 Å². The highest BCUT2D eigenvalue weighted by molar-refractivity contribution is 5.66. The molecule has 2 rings (SSSR count). The van der Waals surface area contributed by atoms with E-state index in [2.05, 4.69) is 23.0 Å². The standard InChI is InChI=1S/C13H16N4/c1-9-6-4-5-7-10(9)11-8-12(14)16-13(15-11)17(2)3/h4-8H,1-3H3,(H2,14,15,16). The lowest BCUT2D eigenvalue weighted by molar-refractivity contribution is 1.01. The Morgan fingerprint density at radius 3 is 2.47 bits per heavy atom. The highest BCUT2D eigenvalue weighted by Crippen LogP contribution is 2.23. The van der Waals surface area contributed by atoms with Crippen LogP contribution >= 0.6 is 0 Å². The molecular formula is C13H16N4. The molecule has 0 bridgehead atoms. The average Bonchev–Trinajstić information content (AvgIpc) is 2.28. The van der Waals surface area contributed by atoms with E-state index >= 15 is 0 Å². The van der Waals surface area contributed by atoms with E-state index in [4.69, 9.17) is 5.73 Å². The first-order valence-corrected chi connectivity index (χ1v) is 5.46. The summed E-state index contributed by atoms with van der Waals surface area (Å²) >= 11 is 0. The quantitative estimate of drug-likeness (QED) is 0.855. The molecule has 1 aromatic heterocycles. The van der Waals surface area contributed by atoms with Crippen LogP contribution in [0.15, 0.2) is 30.3 Å². The van der Waals surface area contributed by atoms with Crippen LogP contribution in [0.25, 0.3) is 11.3 Å². The van der Waals surface area contributed by atoms with E-state index in [0.29, 0.717) is 11.8 Å². The molecule has 1 aromatic carbocycles. The largest absolute Gasteiger partial charge is 0.384 e. The minimum absolute atomic E-state index is 0.488. The molecule has 0 atom stereocenters. The first-order valence-electron chi connectivity index (χ1n) is 5.46. The molecular weight excluding hydrogens is 212 g/mol. The number of rotatable bonds is 2. The van der Waals surface area contributed by atoms with Gasteiger partial charge in [-0.2, -0.15) is 4.98 Å². The zero-order valence-electron chi connectivity index (χ0n) is 10.3. The number of nitrogen functional groups attached to an aromatic ring is 1. The second-order valence-corrected chi connectivity index (χ2v) is 4.19. The molecule has 2 aromatic rings. The van der Waals surface area contributed by atoms with Gasteiger partial charge >= 0.3 is 0 Å². The van der Waals surface area contributed by atoms with Gasteiger partial charge in [-0.05, 0) is 12.5 Å². The fourth-order valence-electron chi connectivity index (χ4n) is 1.65. The Labute approximate surface area is 101 Å². The first-order chi connectivity index (χ1) is 8.08. The molecule has 0 saturated carbocycles. The van der Waals surface area contributed by atoms with Crippen molar-refractivity contribution >= 4 is 11.8 Å². The maximum atomic E-state index is 5.81. The molecule has 4 nitrogen and oxygen atoms in total. The summed E-state index contributed by atoms with van der Waals surface area (Å²) in [5.74, 6) is 1.12. The Balaban J connectivity index is 2.56. The minimum Gasteiger partial charge on any atom is -0.384 e. The summed E-state index contributed by atoms with van der Waals surface area (Å²) in [4.78, 5) is 10.5. The van der Waals surface area contributed by atoms with Gasteiger partial charge in [-0.25, -0.2) is 4.98 Å². The lowest BCUT2D eigenvalue weighted by Gasteiger charge is -2.13. The van der Waals surface area contributed by atoms with Gasteiger partial charge in [0.15, 0.2) is 0 Å². The monoisotopic (exact) mass is 228 g/mol. The Morgan fingerprint density at radius 1 is 1.12 bits per heavy atom. The van der Waals surface area contributed by atoms with Crippen molar-refractivity contribution in [3.05, 3.63) is 35.9 Å². The summed E-state index contributed by atoms with van der Waals surface area (Å²) in [6.07, 6.45) is 0. The van der Waals surface area contributed by atoms with Gasteiger partial charge in [0.1, 0.15) is 5.82 Å². The van der Waals surface area contributed by atoms with E-state index in [9.17, 15) is 0 Å². The van der Waals surface area contributed by atoms with Crippen molar-refractivity contribution in [2.24, 2.45) is 0 Å². The molecule has 4 heteroatoms. The van der Waals surface area contributed by atoms with Gasteiger partial charge in [0.25, 0.3) is 0 Å². The Hall–Kier alpha value is -2.10. The predicted molar refractivity (Wildman–Crippen MR) is 70.9 cm³/mol. The summed E-state index contributed by atoms with van der Waals surface area (Å²) in [5, 5.41) is 0. The Bertz CT molecular complexity index is 535. The van der Waals surface area contributed by atoms with Crippen molar-refractivity contribution in [2.75, 3.05) is 24.7 Å². The third-order valence-electron chi connectivity index (χ3n) is 2.56. The van der Waals surface area contributed by atoms with Crippen molar-refractivity contribution in [2.45, 2.75) is 6.92 Å². The van der Waals surface area contributed by atoms with Crippen LogP contribution in [-0.4, -0.2) is 24.1 Å². The van der Waals surface area contributed by atoms with E-state index in [1.54, 1.807) is 6.07 Å². The number of hydrogen-bond acceptors (Lipinski definition) is 4. The van der Waals surface area contributed by atoms with Gasteiger partial charge in [0.2, 0.25) is 5.95 Å². The highest BCUT2D eigenvalue weighted by Gasteiger charge is 2.07. The van der Waals surface area contributed by atoms with Crippen LogP contribution in [-0.2, 0) is 0 Å². The van der Waals surface area contributed by atoms with E-state index in [-0.39, 0.29) is 0 Å². The van der Waals surface area contributed by atoms with Crippen molar-refractivity contribution in [1.82, 2.24) is 9.97 Å². The van der Waals surface area contributed by atoms with E-state index in [1.807, 2.05) is 37.2 Å². The van der Waals surface area contributed by atoms with Crippen molar-refractivity contribution in [3.63, 3.8) is 0 Å². The number of nitrogens with zero attached hydrogens (tertiary/aromatic N) is 3. The first kappa shape index (κ1) is 11.4. The van der Waals surface area contributed by atoms with Gasteiger partial charge in [-0.1, -0.05) is 24.3 Å². The Kier molecular flexibility index (Phi) is 2.95. The smallest absolute Gasteiger partial charge is 0.227 e. The molecule has 0 radical (unpaired) electrons. The summed E-state index contributed by atoms with van der Waals surface area (Å²) < 4.78 is 0. The number of aromatic nitrogens is 2. The SMILES string of the molecule is Cc1ccccc1-c1cc(N)nc(N(C)C)n1. The van der Waals surface area contributed by atoms with Gasteiger partial charge < -0.3 is 10.6 Å². The third-order valence-corrected chi connectivity index (χ3v) is 2.56. The average molecular weight is 228 g/mol. The van der Waals surface area contributed by atoms with E-state index < -0.39 is 0 Å². The maximum Gasteiger partial charge on any atom is 0.227 e. The van der Waals surface area contributed by atoms with Gasteiger partial charge in [-0.3, -0.25) is 0 Å². The van der Waals surface area contributed by atoms with E-state index in [1.165, 1.54) is 5.56 Å². The highest BCUT2D eigenvalue weighted by atomic mass is 15.2. The molecule has 0 aliphatic carbocycles. The number of hydrogen-bond donors (Lipinski definition) is 1. The molecule has 0 aliphatic rings. The van der Waals surface area contributed by atoms with Crippen LogP contribution in [0.3, 0.4) is 0 Å². The molecule has 17 heavy (non-hydrogen) atoms. The summed E-state index contributed by atoms with van der Waals surface area (Å²) in [6, 6.07) is 9.90. The number of benzene rings is 1. The fraction of sp³-hybridized carbons (Fsp3) is 0.231. The second kappa shape index (κ2) is 4.41. The second-order valence-electron chi connectivity index (χ2n) is 4.19. The van der Waals surface area contributed by atoms with Crippen molar-refractivity contribution < 1.29 is 0 Å². The zero-order chi connectivity index (χ0) is 12.4. The molecule has 0 unspecified atom stereocenters. The molecule has 1 heterocycles. The molecule has 0 spiro atoms. The number of nitrogens with two attached hydrogens (primary N) is 1. The number of anilines is 2. The summed E-state index contributed by atoms with van der Waals surface area (Å²) in [6.45, 7) is 2.06. The topological polar surface area (TPSA) is 55.0 Å². The van der Waals surface area contributed by atoms with Crippen LogP contribution in [0.1, 0.15) is 5.56 Å². The van der Waals surface area contributed by atoms with E-state index in [0.717, 1.165) is 11.3 Å². The van der Waals surface area contributed by atoms with Crippen molar-refractivity contribution in [3.8, 4) is 11.3 Å². The normalized spacial score (nSPS) is 10.3. The van der Waals surface area contributed by atoms with Crippen LogP contribution in [0.4, 0.5) is 11.8 Å². The molecule has 88 valence electrons. The fourth-order valence-corrected chi connectivity index (χ4v) is 1.65. The lowest BCUT2D eigenvalue weighted by atomic mass is 10.1. The maximum absolute atomic E-state index is 5.81. The minimum atomic E-state index is 0.488. The van der Waals surface area contributed by atoms with Crippen LogP contribution in [0.5, 0.6) is 0 Å². The third kappa shape index (κ3) is 2.36. The molecule has 2 N–H and O–H groups in total. The molecule has 0 amide bonds. The Morgan fingerprint density at radius 2 is 1.82 bits per heavy atom. The summed E-state index contributed by atoms with van der Waals surface area (Å²) in [7, 11) is 3.80. The van der Waals surface area contributed by atoms with Gasteiger partial charge in [0.05, 0.1) is 5.69 Å². The predicted octanol–water partition coefficient (Wildman–Crippen LogP) is 2.10. The molecule has 0 aliphatic heterocycles. The summed E-state index contributed by atoms with van der Waals surface area (Å²) in [5.41, 5.74) is 8.93. The molecule has 0 fully saturated rings. The van der Waals surface area contributed by atoms with Gasteiger partial charge in [0, 0.05) is 25.7 Å². The molecule has 0 saturated heterocycles. The lowest BCUT2D eigenvalue weighted by Crippen LogP contribution is -2.14. The van der Waals surface area contributed by atoms with Crippen LogP contribution < -0.4 is 10.6 Å². The zero-order valence-corrected chi connectivity index (χ0v) is 10.3. The van der Waals surface area contributed by atoms with Crippen LogP contribution in [0.2, 0.25) is 0 Å². The number of aryl methyl sites for hydroxylation is 1.